The normalized spacial score (nSPS) is 24.3. The number of thioether (sulfide) groups is 1. The fourth-order valence-electron chi connectivity index (χ4n) is 2.55. The lowest BCUT2D eigenvalue weighted by molar-refractivity contribution is -0.403. The van der Waals surface area contributed by atoms with Crippen LogP contribution in [-0.4, -0.2) is 56.0 Å². The summed E-state index contributed by atoms with van der Waals surface area (Å²) in [6.07, 6.45) is 2.86. The van der Waals surface area contributed by atoms with E-state index in [1.165, 1.54) is 11.8 Å². The molecule has 0 radical (unpaired) electrons. The summed E-state index contributed by atoms with van der Waals surface area (Å²) in [4.78, 5) is 12.4. The first-order valence-corrected chi connectivity index (χ1v) is 8.54. The Morgan fingerprint density at radius 3 is 2.86 bits per heavy atom. The molecule has 1 heterocycles. The van der Waals surface area contributed by atoms with Crippen molar-refractivity contribution in [3.63, 3.8) is 0 Å². The Kier molecular flexibility index (Phi) is 8.06. The third-order valence-corrected chi connectivity index (χ3v) is 4.44. The van der Waals surface area contributed by atoms with Crippen molar-refractivity contribution in [2.45, 2.75) is 13.8 Å². The summed E-state index contributed by atoms with van der Waals surface area (Å²) < 4.78 is 5.49. The van der Waals surface area contributed by atoms with Crippen molar-refractivity contribution in [1.82, 2.24) is 10.2 Å². The van der Waals surface area contributed by atoms with Crippen LogP contribution in [0.3, 0.4) is 0 Å². The SMILES string of the molecule is CSC(=C[N+](=O)[O-])NCC(C)CN(C)CC1COCC1C. The second-order valence-corrected chi connectivity index (χ2v) is 6.81. The Morgan fingerprint density at radius 2 is 2.33 bits per heavy atom. The van der Waals surface area contributed by atoms with Gasteiger partial charge in [0, 0.05) is 26.2 Å². The van der Waals surface area contributed by atoms with Crippen molar-refractivity contribution >= 4 is 11.8 Å². The number of nitrogens with one attached hydrogen (secondary N) is 1. The zero-order valence-corrected chi connectivity index (χ0v) is 14.2. The molecule has 3 atom stereocenters. The molecule has 0 aromatic heterocycles. The molecule has 3 unspecified atom stereocenters. The molecule has 7 heteroatoms. The maximum atomic E-state index is 10.5. The van der Waals surface area contributed by atoms with Gasteiger partial charge in [-0.05, 0) is 31.1 Å². The monoisotopic (exact) mass is 317 g/mol. The van der Waals surface area contributed by atoms with Gasteiger partial charge in [-0.15, -0.1) is 11.8 Å². The topological polar surface area (TPSA) is 67.6 Å². The van der Waals surface area contributed by atoms with Crippen molar-refractivity contribution in [3.8, 4) is 0 Å². The third kappa shape index (κ3) is 7.15. The number of nitro groups is 1. The first-order chi connectivity index (χ1) is 9.92. The predicted molar refractivity (Wildman–Crippen MR) is 86.7 cm³/mol. The summed E-state index contributed by atoms with van der Waals surface area (Å²) in [5, 5.41) is 14.2. The van der Waals surface area contributed by atoms with E-state index in [1.807, 2.05) is 6.26 Å². The molecule has 0 bridgehead atoms. The van der Waals surface area contributed by atoms with Crippen molar-refractivity contribution < 1.29 is 9.66 Å². The summed E-state index contributed by atoms with van der Waals surface area (Å²) >= 11 is 1.36. The Bertz CT molecular complexity index is 365. The van der Waals surface area contributed by atoms with Gasteiger partial charge < -0.3 is 15.0 Å². The maximum absolute atomic E-state index is 10.5. The Balaban J connectivity index is 2.29. The quantitative estimate of drug-likeness (QED) is 0.517. The first-order valence-electron chi connectivity index (χ1n) is 7.31. The van der Waals surface area contributed by atoms with E-state index in [0.717, 1.165) is 39.0 Å². The number of hydrogen-bond donors (Lipinski definition) is 1. The van der Waals surface area contributed by atoms with Crippen LogP contribution in [0.1, 0.15) is 13.8 Å². The maximum Gasteiger partial charge on any atom is 0.263 e. The molecular formula is C14H27N3O3S. The second-order valence-electron chi connectivity index (χ2n) is 5.96. The molecular weight excluding hydrogens is 290 g/mol. The van der Waals surface area contributed by atoms with Crippen molar-refractivity contribution in [2.24, 2.45) is 17.8 Å². The Morgan fingerprint density at radius 1 is 1.62 bits per heavy atom. The Hall–Kier alpha value is -0.790. The fraction of sp³-hybridized carbons (Fsp3) is 0.857. The second kappa shape index (κ2) is 9.27. The number of hydrogen-bond acceptors (Lipinski definition) is 6. The first kappa shape index (κ1) is 18.3. The molecule has 1 aliphatic heterocycles. The average Bonchev–Trinajstić information content (AvgIpc) is 2.79. The van der Waals surface area contributed by atoms with Gasteiger partial charge in [0.05, 0.1) is 11.5 Å². The van der Waals surface area contributed by atoms with E-state index in [4.69, 9.17) is 4.74 Å². The highest BCUT2D eigenvalue weighted by Crippen LogP contribution is 2.20. The van der Waals surface area contributed by atoms with Crippen LogP contribution >= 0.6 is 11.8 Å². The average molecular weight is 317 g/mol. The van der Waals surface area contributed by atoms with Crippen LogP contribution in [0.5, 0.6) is 0 Å². The number of nitrogens with zero attached hydrogens (tertiary/aromatic N) is 2. The van der Waals surface area contributed by atoms with Crippen molar-refractivity contribution in [1.29, 1.82) is 0 Å². The molecule has 122 valence electrons. The zero-order valence-electron chi connectivity index (χ0n) is 13.4. The van der Waals surface area contributed by atoms with Crippen LogP contribution in [0.25, 0.3) is 0 Å². The van der Waals surface area contributed by atoms with Crippen LogP contribution < -0.4 is 5.32 Å². The summed E-state index contributed by atoms with van der Waals surface area (Å²) in [6, 6.07) is 0. The minimum absolute atomic E-state index is 0.420. The molecule has 21 heavy (non-hydrogen) atoms. The van der Waals surface area contributed by atoms with Gasteiger partial charge >= 0.3 is 0 Å². The molecule has 1 rings (SSSR count). The molecule has 6 nitrogen and oxygen atoms in total. The van der Waals surface area contributed by atoms with Gasteiger partial charge in [-0.2, -0.15) is 0 Å². The molecule has 1 N–H and O–H groups in total. The molecule has 1 aliphatic rings. The molecule has 0 amide bonds. The van der Waals surface area contributed by atoms with Gasteiger partial charge in [0.2, 0.25) is 0 Å². The van der Waals surface area contributed by atoms with E-state index in [2.05, 4.69) is 31.1 Å². The molecule has 0 saturated carbocycles. The highest BCUT2D eigenvalue weighted by molar-refractivity contribution is 8.02. The van der Waals surface area contributed by atoms with E-state index in [0.29, 0.717) is 22.8 Å². The molecule has 0 aromatic rings. The lowest BCUT2D eigenvalue weighted by Gasteiger charge is -2.25. The van der Waals surface area contributed by atoms with Gasteiger partial charge in [0.1, 0.15) is 5.03 Å². The van der Waals surface area contributed by atoms with Crippen LogP contribution in [0.15, 0.2) is 11.2 Å². The highest BCUT2D eigenvalue weighted by atomic mass is 32.2. The smallest absolute Gasteiger partial charge is 0.263 e. The van der Waals surface area contributed by atoms with E-state index >= 15 is 0 Å². The van der Waals surface area contributed by atoms with Gasteiger partial charge in [-0.1, -0.05) is 13.8 Å². The van der Waals surface area contributed by atoms with E-state index in [-0.39, 0.29) is 0 Å². The van der Waals surface area contributed by atoms with Crippen LogP contribution in [0.4, 0.5) is 0 Å². The van der Waals surface area contributed by atoms with E-state index in [9.17, 15) is 10.1 Å². The lowest BCUT2D eigenvalue weighted by Crippen LogP contribution is -2.35. The molecule has 1 saturated heterocycles. The van der Waals surface area contributed by atoms with Crippen molar-refractivity contribution in [2.75, 3.05) is 46.2 Å². The van der Waals surface area contributed by atoms with Gasteiger partial charge in [0.25, 0.3) is 6.20 Å². The predicted octanol–water partition coefficient (Wildman–Crippen LogP) is 1.86. The van der Waals surface area contributed by atoms with Gasteiger partial charge in [-0.25, -0.2) is 0 Å². The van der Waals surface area contributed by atoms with Crippen LogP contribution in [0.2, 0.25) is 0 Å². The van der Waals surface area contributed by atoms with Gasteiger partial charge in [0.15, 0.2) is 0 Å². The molecule has 1 fully saturated rings. The minimum Gasteiger partial charge on any atom is -0.381 e. The van der Waals surface area contributed by atoms with Crippen LogP contribution in [-0.2, 0) is 4.74 Å². The molecule has 0 aliphatic carbocycles. The van der Waals surface area contributed by atoms with E-state index in [1.54, 1.807) is 0 Å². The summed E-state index contributed by atoms with van der Waals surface area (Å²) in [7, 11) is 2.13. The Labute approximate surface area is 131 Å². The third-order valence-electron chi connectivity index (χ3n) is 3.75. The van der Waals surface area contributed by atoms with Gasteiger partial charge in [-0.3, -0.25) is 10.1 Å². The number of ether oxygens (including phenoxy) is 1. The fourth-order valence-corrected chi connectivity index (χ4v) is 2.97. The summed E-state index contributed by atoms with van der Waals surface area (Å²) in [6.45, 7) is 8.88. The van der Waals surface area contributed by atoms with E-state index < -0.39 is 4.92 Å². The summed E-state index contributed by atoms with van der Waals surface area (Å²) in [5.41, 5.74) is 0. The zero-order chi connectivity index (χ0) is 15.8. The minimum atomic E-state index is -0.420. The van der Waals surface area contributed by atoms with Crippen molar-refractivity contribution in [3.05, 3.63) is 21.3 Å². The molecule has 0 aromatic carbocycles. The summed E-state index contributed by atoms with van der Waals surface area (Å²) in [5.74, 6) is 1.67. The lowest BCUT2D eigenvalue weighted by atomic mass is 9.97. The largest absolute Gasteiger partial charge is 0.381 e. The standard InChI is InChI=1S/C14H27N3O3S/c1-11(5-15-14(21-4)8-17(18)19)6-16(3)7-13-10-20-9-12(13)2/h8,11-13,15H,5-7,9-10H2,1-4H3. The van der Waals surface area contributed by atoms with Crippen LogP contribution in [0, 0.1) is 27.9 Å². The highest BCUT2D eigenvalue weighted by Gasteiger charge is 2.25. The number of rotatable bonds is 9. The molecule has 0 spiro atoms.